The van der Waals surface area contributed by atoms with Crippen LogP contribution >= 0.6 is 0 Å². The van der Waals surface area contributed by atoms with Crippen LogP contribution in [-0.2, 0) is 27.1 Å². The van der Waals surface area contributed by atoms with Gasteiger partial charge in [-0.2, -0.15) is 13.2 Å². The Labute approximate surface area is 262 Å². The van der Waals surface area contributed by atoms with E-state index in [1.807, 2.05) is 32.0 Å². The van der Waals surface area contributed by atoms with Gasteiger partial charge in [0.2, 0.25) is 17.7 Å². The molecule has 1 fully saturated rings. The van der Waals surface area contributed by atoms with E-state index < -0.39 is 53.2 Å². The molecule has 0 heterocycles. The Balaban J connectivity index is 1.69. The first-order chi connectivity index (χ1) is 21.0. The van der Waals surface area contributed by atoms with Gasteiger partial charge in [-0.05, 0) is 76.8 Å². The van der Waals surface area contributed by atoms with Crippen molar-refractivity contribution in [3.05, 3.63) is 64.2 Å². The Bertz CT molecular complexity index is 1380. The number of amides is 4. The Kier molecular flexibility index (Phi) is 12.1. The Morgan fingerprint density at radius 3 is 2.24 bits per heavy atom. The second kappa shape index (κ2) is 15.4. The third-order valence-electron chi connectivity index (χ3n) is 7.55. The van der Waals surface area contributed by atoms with Crippen molar-refractivity contribution in [2.45, 2.75) is 91.0 Å². The van der Waals surface area contributed by atoms with Crippen LogP contribution in [0.5, 0.6) is 0 Å². The predicted octanol–water partition coefficient (Wildman–Crippen LogP) is 4.76. The lowest BCUT2D eigenvalue weighted by atomic mass is 9.88. The highest BCUT2D eigenvalue weighted by Gasteiger charge is 2.33. The lowest BCUT2D eigenvalue weighted by Gasteiger charge is -2.26. The molecule has 2 aromatic carbocycles. The van der Waals surface area contributed by atoms with Gasteiger partial charge in [0.1, 0.15) is 6.04 Å². The SMILES string of the molecule is Cc1ccc(CNC[C@H](NC(=O)CNC(=O)c2cc(C(F)(F)F)ccc2NC(=O)C2CCCCC2)C(=O)NC(C)(C)C)c(C)c1. The van der Waals surface area contributed by atoms with Crippen LogP contribution in [0.3, 0.4) is 0 Å². The van der Waals surface area contributed by atoms with Crippen molar-refractivity contribution >= 4 is 29.3 Å². The minimum Gasteiger partial charge on any atom is -0.350 e. The van der Waals surface area contributed by atoms with Gasteiger partial charge in [0.15, 0.2) is 0 Å². The highest BCUT2D eigenvalue weighted by Crippen LogP contribution is 2.32. The molecule has 0 unspecified atom stereocenters. The fourth-order valence-corrected chi connectivity index (χ4v) is 5.18. The number of alkyl halides is 3. The van der Waals surface area contributed by atoms with Crippen LogP contribution in [-0.4, -0.2) is 48.3 Å². The van der Waals surface area contributed by atoms with Gasteiger partial charge in [0, 0.05) is 24.5 Å². The van der Waals surface area contributed by atoms with Gasteiger partial charge in [-0.15, -0.1) is 0 Å². The highest BCUT2D eigenvalue weighted by molar-refractivity contribution is 6.05. The molecule has 12 heteroatoms. The van der Waals surface area contributed by atoms with E-state index in [0.29, 0.717) is 25.5 Å². The van der Waals surface area contributed by atoms with Crippen molar-refractivity contribution < 1.29 is 32.3 Å². The number of hydrogen-bond acceptors (Lipinski definition) is 5. The third kappa shape index (κ3) is 11.2. The lowest BCUT2D eigenvalue weighted by molar-refractivity contribution is -0.137. The number of halogens is 3. The molecule has 5 N–H and O–H groups in total. The summed E-state index contributed by atoms with van der Waals surface area (Å²) in [5.41, 5.74) is 1.09. The minimum absolute atomic E-state index is 0.0745. The van der Waals surface area contributed by atoms with Crippen molar-refractivity contribution in [1.82, 2.24) is 21.3 Å². The summed E-state index contributed by atoms with van der Waals surface area (Å²) in [5, 5.41) is 13.6. The maximum Gasteiger partial charge on any atom is 0.416 e. The number of nitrogens with one attached hydrogen (secondary N) is 5. The van der Waals surface area contributed by atoms with Crippen molar-refractivity contribution in [3.63, 3.8) is 0 Å². The van der Waals surface area contributed by atoms with Crippen molar-refractivity contribution in [2.75, 3.05) is 18.4 Å². The van der Waals surface area contributed by atoms with Crippen LogP contribution in [0.25, 0.3) is 0 Å². The first-order valence-electron chi connectivity index (χ1n) is 15.2. The number of anilines is 1. The van der Waals surface area contributed by atoms with Gasteiger partial charge in [0.25, 0.3) is 5.91 Å². The molecule has 0 aliphatic heterocycles. The zero-order valence-corrected chi connectivity index (χ0v) is 26.5. The van der Waals surface area contributed by atoms with Crippen LogP contribution in [0.15, 0.2) is 36.4 Å². The summed E-state index contributed by atoms with van der Waals surface area (Å²) in [4.78, 5) is 51.8. The molecule has 45 heavy (non-hydrogen) atoms. The van der Waals surface area contributed by atoms with Gasteiger partial charge in [-0.1, -0.05) is 43.0 Å². The summed E-state index contributed by atoms with van der Waals surface area (Å²) in [6.45, 7) is 9.29. The Morgan fingerprint density at radius 1 is 0.933 bits per heavy atom. The summed E-state index contributed by atoms with van der Waals surface area (Å²) in [5.74, 6) is -2.78. The second-order valence-electron chi connectivity index (χ2n) is 12.7. The summed E-state index contributed by atoms with van der Waals surface area (Å²) in [6.07, 6.45) is -0.626. The van der Waals surface area contributed by atoms with Crippen LogP contribution in [0.1, 0.15) is 85.5 Å². The number of rotatable bonds is 11. The fraction of sp³-hybridized carbons (Fsp3) is 0.515. The number of carbonyl (C=O) groups excluding carboxylic acids is 4. The van der Waals surface area contributed by atoms with Gasteiger partial charge in [0.05, 0.1) is 23.4 Å². The lowest BCUT2D eigenvalue weighted by Crippen LogP contribution is -2.56. The molecule has 2 aromatic rings. The minimum atomic E-state index is -4.73. The van der Waals surface area contributed by atoms with Crippen LogP contribution < -0.4 is 26.6 Å². The van der Waals surface area contributed by atoms with E-state index in [1.165, 1.54) is 0 Å². The maximum absolute atomic E-state index is 13.5. The van der Waals surface area contributed by atoms with E-state index in [-0.39, 0.29) is 24.1 Å². The first kappa shape index (κ1) is 35.5. The monoisotopic (exact) mass is 631 g/mol. The molecule has 0 saturated heterocycles. The number of benzene rings is 2. The quantitative estimate of drug-likeness (QED) is 0.244. The molecule has 0 radical (unpaired) electrons. The summed E-state index contributed by atoms with van der Waals surface area (Å²) in [6, 6.07) is 7.50. The molecule has 1 aliphatic carbocycles. The highest BCUT2D eigenvalue weighted by atomic mass is 19.4. The van der Waals surface area contributed by atoms with Crippen LogP contribution in [0.2, 0.25) is 0 Å². The zero-order chi connectivity index (χ0) is 33.4. The molecular weight excluding hydrogens is 587 g/mol. The zero-order valence-electron chi connectivity index (χ0n) is 26.5. The first-order valence-corrected chi connectivity index (χ1v) is 15.2. The molecule has 9 nitrogen and oxygen atoms in total. The van der Waals surface area contributed by atoms with Crippen molar-refractivity contribution in [1.29, 1.82) is 0 Å². The molecule has 3 rings (SSSR count). The molecule has 0 spiro atoms. The smallest absolute Gasteiger partial charge is 0.350 e. The molecule has 0 bridgehead atoms. The molecule has 4 amide bonds. The van der Waals surface area contributed by atoms with E-state index in [2.05, 4.69) is 26.6 Å². The van der Waals surface area contributed by atoms with Crippen LogP contribution in [0.4, 0.5) is 18.9 Å². The molecular formula is C33H44F3N5O4. The maximum atomic E-state index is 13.5. The molecule has 1 aliphatic rings. The summed E-state index contributed by atoms with van der Waals surface area (Å²) >= 11 is 0. The number of aryl methyl sites for hydroxylation is 2. The van der Waals surface area contributed by atoms with E-state index in [9.17, 15) is 32.3 Å². The van der Waals surface area contributed by atoms with E-state index >= 15 is 0 Å². The third-order valence-corrected chi connectivity index (χ3v) is 7.55. The molecule has 1 atom stereocenters. The van der Waals surface area contributed by atoms with E-state index in [0.717, 1.165) is 48.1 Å². The Hall–Kier alpha value is -3.93. The van der Waals surface area contributed by atoms with Crippen molar-refractivity contribution in [2.24, 2.45) is 5.92 Å². The normalized spacial score (nSPS) is 14.8. The number of hydrogen-bond donors (Lipinski definition) is 5. The summed E-state index contributed by atoms with van der Waals surface area (Å²) < 4.78 is 40.5. The Morgan fingerprint density at radius 2 is 1.62 bits per heavy atom. The summed E-state index contributed by atoms with van der Waals surface area (Å²) in [7, 11) is 0. The van der Waals surface area contributed by atoms with Gasteiger partial charge >= 0.3 is 6.18 Å². The standard InChI is InChI=1S/C33H44F3N5O4/c1-20-11-12-23(21(2)15-20)17-37-18-27(31(45)41-32(3,4)5)39-28(42)19-38-30(44)25-16-24(33(34,35)36)13-14-26(25)40-29(43)22-9-7-6-8-10-22/h11-16,22,27,37H,6-10,17-19H2,1-5H3,(H,38,44)(H,39,42)(H,40,43)(H,41,45)/t27-/m0/s1. The topological polar surface area (TPSA) is 128 Å². The average Bonchev–Trinajstić information content (AvgIpc) is 2.95. The van der Waals surface area contributed by atoms with Gasteiger partial charge < -0.3 is 26.6 Å². The van der Waals surface area contributed by atoms with E-state index in [1.54, 1.807) is 20.8 Å². The average molecular weight is 632 g/mol. The van der Waals surface area contributed by atoms with E-state index in [4.69, 9.17) is 0 Å². The van der Waals surface area contributed by atoms with Crippen LogP contribution in [0, 0.1) is 19.8 Å². The molecule has 246 valence electrons. The molecule has 0 aromatic heterocycles. The second-order valence-corrected chi connectivity index (χ2v) is 12.7. The number of carbonyl (C=O) groups is 4. The van der Waals surface area contributed by atoms with Gasteiger partial charge in [-0.3, -0.25) is 19.2 Å². The van der Waals surface area contributed by atoms with Gasteiger partial charge in [-0.25, -0.2) is 0 Å². The largest absolute Gasteiger partial charge is 0.416 e. The fourth-order valence-electron chi connectivity index (χ4n) is 5.18. The predicted molar refractivity (Wildman–Crippen MR) is 166 cm³/mol. The van der Waals surface area contributed by atoms with Crippen molar-refractivity contribution in [3.8, 4) is 0 Å². The molecule has 1 saturated carbocycles.